The Morgan fingerprint density at radius 3 is 2.46 bits per heavy atom. The molecular weight excluding hydrogens is 164 g/mol. The van der Waals surface area contributed by atoms with Gasteiger partial charge in [0.2, 0.25) is 0 Å². The monoisotopic (exact) mass is 184 g/mol. The van der Waals surface area contributed by atoms with Crippen LogP contribution in [0.4, 0.5) is 0 Å². The lowest BCUT2D eigenvalue weighted by Gasteiger charge is -2.24. The van der Waals surface area contributed by atoms with Gasteiger partial charge in [0.15, 0.2) is 5.78 Å². The van der Waals surface area contributed by atoms with Crippen molar-refractivity contribution in [3.05, 3.63) is 0 Å². The number of carbonyl (C=O) groups excluding carboxylic acids is 1. The fraction of sp³-hybridized carbons (Fsp3) is 0.909. The van der Waals surface area contributed by atoms with Crippen molar-refractivity contribution in [3.8, 4) is 0 Å². The third kappa shape index (κ3) is 3.47. The van der Waals surface area contributed by atoms with E-state index in [0.717, 1.165) is 12.3 Å². The molecule has 0 saturated heterocycles. The number of carbonyl (C=O) groups is 1. The van der Waals surface area contributed by atoms with Crippen LogP contribution in [-0.2, 0) is 9.53 Å². The van der Waals surface area contributed by atoms with Crippen LogP contribution in [0.15, 0.2) is 0 Å². The van der Waals surface area contributed by atoms with Crippen molar-refractivity contribution in [1.82, 2.24) is 0 Å². The van der Waals surface area contributed by atoms with Crippen LogP contribution in [0.25, 0.3) is 0 Å². The second-order valence-electron chi connectivity index (χ2n) is 4.07. The van der Waals surface area contributed by atoms with Gasteiger partial charge in [-0.05, 0) is 19.3 Å². The first-order chi connectivity index (χ1) is 6.24. The Morgan fingerprint density at radius 1 is 1.38 bits per heavy atom. The lowest BCUT2D eigenvalue weighted by molar-refractivity contribution is -0.127. The highest BCUT2D eigenvalue weighted by atomic mass is 16.5. The van der Waals surface area contributed by atoms with E-state index in [4.69, 9.17) is 4.74 Å². The summed E-state index contributed by atoms with van der Waals surface area (Å²) in [5.74, 6) is 0.899. The van der Waals surface area contributed by atoms with Gasteiger partial charge in [0.05, 0.1) is 0 Å². The molecule has 0 heterocycles. The van der Waals surface area contributed by atoms with E-state index >= 15 is 0 Å². The van der Waals surface area contributed by atoms with Gasteiger partial charge in [-0.15, -0.1) is 0 Å². The van der Waals surface area contributed by atoms with Gasteiger partial charge in [-0.3, -0.25) is 4.79 Å². The van der Waals surface area contributed by atoms with Gasteiger partial charge in [0.25, 0.3) is 0 Å². The van der Waals surface area contributed by atoms with Gasteiger partial charge in [0.1, 0.15) is 6.10 Å². The molecule has 1 atom stereocenters. The van der Waals surface area contributed by atoms with Crippen molar-refractivity contribution in [2.24, 2.45) is 5.92 Å². The molecule has 0 N–H and O–H groups in total. The van der Waals surface area contributed by atoms with Crippen LogP contribution in [-0.4, -0.2) is 19.0 Å². The van der Waals surface area contributed by atoms with Crippen LogP contribution in [0.5, 0.6) is 0 Å². The second kappa shape index (κ2) is 5.38. The summed E-state index contributed by atoms with van der Waals surface area (Å²) in [6, 6.07) is 0. The third-order valence-electron chi connectivity index (χ3n) is 3.01. The Bertz CT molecular complexity index is 159. The highest BCUT2D eigenvalue weighted by molar-refractivity contribution is 5.80. The Morgan fingerprint density at radius 2 is 2.00 bits per heavy atom. The zero-order valence-electron chi connectivity index (χ0n) is 8.71. The molecule has 2 heteroatoms. The van der Waals surface area contributed by atoms with Crippen LogP contribution in [0, 0.1) is 5.92 Å². The zero-order valence-corrected chi connectivity index (χ0v) is 8.71. The second-order valence-corrected chi connectivity index (χ2v) is 4.07. The van der Waals surface area contributed by atoms with Gasteiger partial charge < -0.3 is 4.74 Å². The summed E-state index contributed by atoms with van der Waals surface area (Å²) in [7, 11) is 1.63. The molecule has 1 rings (SSSR count). The molecule has 2 nitrogen and oxygen atoms in total. The highest BCUT2D eigenvalue weighted by Gasteiger charge is 2.21. The molecule has 1 unspecified atom stereocenters. The summed E-state index contributed by atoms with van der Waals surface area (Å²) in [5.41, 5.74) is 0. The molecule has 0 amide bonds. The quantitative estimate of drug-likeness (QED) is 0.671. The van der Waals surface area contributed by atoms with Crippen molar-refractivity contribution in [2.75, 3.05) is 7.11 Å². The molecule has 0 spiro atoms. The molecule has 0 radical (unpaired) electrons. The topological polar surface area (TPSA) is 26.3 Å². The van der Waals surface area contributed by atoms with E-state index in [1.165, 1.54) is 32.1 Å². The van der Waals surface area contributed by atoms with Gasteiger partial charge in [-0.1, -0.05) is 32.1 Å². The van der Waals surface area contributed by atoms with Gasteiger partial charge in [-0.25, -0.2) is 0 Å². The minimum Gasteiger partial charge on any atom is -0.374 e. The summed E-state index contributed by atoms with van der Waals surface area (Å²) < 4.78 is 5.16. The van der Waals surface area contributed by atoms with E-state index < -0.39 is 0 Å². The molecule has 1 aliphatic rings. The SMILES string of the molecule is COC(CC1CCCCC1)C(C)=O. The normalized spacial score (nSPS) is 21.4. The Kier molecular flexibility index (Phi) is 4.43. The van der Waals surface area contributed by atoms with Crippen LogP contribution < -0.4 is 0 Å². The Hall–Kier alpha value is -0.370. The Balaban J connectivity index is 2.31. The van der Waals surface area contributed by atoms with E-state index in [0.29, 0.717) is 0 Å². The lowest BCUT2D eigenvalue weighted by Crippen LogP contribution is -2.24. The molecule has 1 saturated carbocycles. The molecule has 0 aliphatic heterocycles. The lowest BCUT2D eigenvalue weighted by atomic mass is 9.85. The molecule has 0 aromatic carbocycles. The maximum Gasteiger partial charge on any atom is 0.158 e. The van der Waals surface area contributed by atoms with Gasteiger partial charge in [-0.2, -0.15) is 0 Å². The first-order valence-electron chi connectivity index (χ1n) is 5.27. The van der Waals surface area contributed by atoms with Crippen LogP contribution in [0.2, 0.25) is 0 Å². The molecule has 76 valence electrons. The average molecular weight is 184 g/mol. The van der Waals surface area contributed by atoms with E-state index in [2.05, 4.69) is 0 Å². The summed E-state index contributed by atoms with van der Waals surface area (Å²) in [4.78, 5) is 11.1. The number of rotatable bonds is 4. The molecule has 13 heavy (non-hydrogen) atoms. The Labute approximate surface area is 80.7 Å². The maximum absolute atomic E-state index is 11.1. The number of hydrogen-bond acceptors (Lipinski definition) is 2. The smallest absolute Gasteiger partial charge is 0.158 e. The number of ketones is 1. The average Bonchev–Trinajstić information content (AvgIpc) is 2.15. The molecule has 0 aromatic rings. The van der Waals surface area contributed by atoms with Crippen molar-refractivity contribution in [2.45, 2.75) is 51.6 Å². The van der Waals surface area contributed by atoms with Gasteiger partial charge >= 0.3 is 0 Å². The summed E-state index contributed by atoms with van der Waals surface area (Å²) in [5, 5.41) is 0. The van der Waals surface area contributed by atoms with E-state index in [1.807, 2.05) is 0 Å². The first-order valence-corrected chi connectivity index (χ1v) is 5.27. The molecule has 0 aromatic heterocycles. The van der Waals surface area contributed by atoms with Crippen molar-refractivity contribution < 1.29 is 9.53 Å². The van der Waals surface area contributed by atoms with Crippen molar-refractivity contribution >= 4 is 5.78 Å². The summed E-state index contributed by atoms with van der Waals surface area (Å²) in [6.45, 7) is 1.62. The van der Waals surface area contributed by atoms with Crippen LogP contribution >= 0.6 is 0 Å². The van der Waals surface area contributed by atoms with Crippen LogP contribution in [0.3, 0.4) is 0 Å². The molecular formula is C11H20O2. The van der Waals surface area contributed by atoms with Crippen molar-refractivity contribution in [1.29, 1.82) is 0 Å². The van der Waals surface area contributed by atoms with Gasteiger partial charge in [0, 0.05) is 7.11 Å². The van der Waals surface area contributed by atoms with Crippen molar-refractivity contribution in [3.63, 3.8) is 0 Å². The third-order valence-corrected chi connectivity index (χ3v) is 3.01. The van der Waals surface area contributed by atoms with E-state index in [-0.39, 0.29) is 11.9 Å². The van der Waals surface area contributed by atoms with Crippen LogP contribution in [0.1, 0.15) is 45.4 Å². The minimum atomic E-state index is -0.150. The predicted octanol–water partition coefficient (Wildman–Crippen LogP) is 2.56. The minimum absolute atomic E-state index is 0.150. The predicted molar refractivity (Wildman–Crippen MR) is 52.7 cm³/mol. The largest absolute Gasteiger partial charge is 0.374 e. The molecule has 1 aliphatic carbocycles. The summed E-state index contributed by atoms with van der Waals surface area (Å²) >= 11 is 0. The maximum atomic E-state index is 11.1. The molecule has 0 bridgehead atoms. The number of hydrogen-bond donors (Lipinski definition) is 0. The summed E-state index contributed by atoms with van der Waals surface area (Å²) in [6.07, 6.45) is 7.39. The number of ether oxygens (including phenoxy) is 1. The van der Waals surface area contributed by atoms with E-state index in [1.54, 1.807) is 14.0 Å². The van der Waals surface area contributed by atoms with E-state index in [9.17, 15) is 4.79 Å². The number of Topliss-reactive ketones (excluding diaryl/α,β-unsaturated/α-hetero) is 1. The molecule has 1 fully saturated rings. The fourth-order valence-electron chi connectivity index (χ4n) is 2.15. The number of methoxy groups -OCH3 is 1. The fourth-order valence-corrected chi connectivity index (χ4v) is 2.15. The standard InChI is InChI=1S/C11H20O2/c1-9(12)11(13-2)8-10-6-4-3-5-7-10/h10-11H,3-8H2,1-2H3. The first kappa shape index (κ1) is 10.7. The highest BCUT2D eigenvalue weighted by Crippen LogP contribution is 2.27. The zero-order chi connectivity index (χ0) is 9.68.